The van der Waals surface area contributed by atoms with Crippen LogP contribution >= 0.6 is 8.53 Å². The van der Waals surface area contributed by atoms with Crippen molar-refractivity contribution in [3.05, 3.63) is 112 Å². The van der Waals surface area contributed by atoms with Crippen LogP contribution in [0.2, 0.25) is 16.6 Å². The fourth-order valence-electron chi connectivity index (χ4n) is 10.1. The number of H-pyrrole nitrogens is 1. The molecule has 1 unspecified atom stereocenters. The van der Waals surface area contributed by atoms with Crippen molar-refractivity contribution in [2.45, 2.75) is 135 Å². The molecule has 2 aromatic heterocycles. The van der Waals surface area contributed by atoms with Crippen LogP contribution < -0.4 is 19.9 Å². The average molecular weight is 1000 g/mol. The number of aromatic amines is 1. The summed E-state index contributed by atoms with van der Waals surface area (Å²) in [4.78, 5) is 27.6. The number of imidazole rings is 1. The van der Waals surface area contributed by atoms with E-state index in [9.17, 15) is 10.1 Å². The van der Waals surface area contributed by atoms with Gasteiger partial charge in [-0.25, -0.2) is 9.65 Å². The van der Waals surface area contributed by atoms with E-state index in [-0.39, 0.29) is 60.7 Å². The highest BCUT2D eigenvalue weighted by Gasteiger charge is 2.53. The molecule has 3 aromatic carbocycles. The standard InChI is InChI=1S/C52H74N7O9PSi/c1-34(2)59(35(3)4)69(65-30-18-29-53)68-46-44(31-64-52(39-19-16-15-17-20-39,40-21-25-42(61-13)26-22-40)41-23-27-43(62-14)28-24-41)67-50(47(46)63-33-66-70(36(5)6,37(7)8)38(9)10)58-32-54-45-48(58)55-51(57(11)12)56-49(45)60/h15-17,19-28,32,34-38,44,46-47,50H,18,30-31,33H2,1-14H3,(H,55,56,60)/t44-,46-,47-,50-,69?/m1/s1. The zero-order valence-corrected chi connectivity index (χ0v) is 45.3. The van der Waals surface area contributed by atoms with Crippen molar-refractivity contribution in [2.24, 2.45) is 0 Å². The van der Waals surface area contributed by atoms with Crippen LogP contribution in [-0.4, -0.2) is 111 Å². The Bertz CT molecular complexity index is 2440. The first kappa shape index (κ1) is 54.6. The van der Waals surface area contributed by atoms with Crippen LogP contribution in [0, 0.1) is 11.3 Å². The number of hydrogen-bond donors (Lipinski definition) is 1. The maximum atomic E-state index is 13.6. The molecule has 1 fully saturated rings. The summed E-state index contributed by atoms with van der Waals surface area (Å²) in [7, 11) is 2.58. The van der Waals surface area contributed by atoms with Crippen LogP contribution in [0.25, 0.3) is 11.2 Å². The van der Waals surface area contributed by atoms with Gasteiger partial charge in [-0.15, -0.1) is 0 Å². The molecule has 16 nitrogen and oxygen atoms in total. The molecule has 70 heavy (non-hydrogen) atoms. The van der Waals surface area contributed by atoms with Crippen molar-refractivity contribution in [1.82, 2.24) is 24.2 Å². The van der Waals surface area contributed by atoms with Gasteiger partial charge in [0, 0.05) is 26.2 Å². The monoisotopic (exact) mass is 1000 g/mol. The average Bonchev–Trinajstić information content (AvgIpc) is 3.91. The number of nitrogens with zero attached hydrogens (tertiary/aromatic N) is 6. The van der Waals surface area contributed by atoms with E-state index in [1.807, 2.05) is 78.9 Å². The van der Waals surface area contributed by atoms with Gasteiger partial charge in [-0.2, -0.15) is 10.2 Å². The van der Waals surface area contributed by atoms with Gasteiger partial charge in [-0.3, -0.25) is 14.3 Å². The van der Waals surface area contributed by atoms with E-state index in [1.54, 1.807) is 44.1 Å². The molecule has 0 radical (unpaired) electrons. The Hall–Kier alpha value is -4.73. The number of aromatic nitrogens is 4. The Morgan fingerprint density at radius 1 is 0.829 bits per heavy atom. The van der Waals surface area contributed by atoms with Crippen LogP contribution in [-0.2, 0) is 33.3 Å². The molecule has 1 aliphatic heterocycles. The fraction of sp³-hybridized carbons (Fsp3) is 0.538. The van der Waals surface area contributed by atoms with Crippen LogP contribution in [0.3, 0.4) is 0 Å². The van der Waals surface area contributed by atoms with Crippen LogP contribution in [0.15, 0.2) is 90.0 Å². The molecule has 0 bridgehead atoms. The molecule has 0 saturated carbocycles. The van der Waals surface area contributed by atoms with Gasteiger partial charge in [0.15, 0.2) is 17.4 Å². The van der Waals surface area contributed by atoms with Crippen molar-refractivity contribution in [3.8, 4) is 17.6 Å². The van der Waals surface area contributed by atoms with E-state index in [0.29, 0.717) is 23.1 Å². The van der Waals surface area contributed by atoms with Crippen molar-refractivity contribution >= 4 is 34.0 Å². The Balaban J connectivity index is 1.57. The molecular formula is C52H74N7O9PSi. The molecule has 380 valence electrons. The lowest BCUT2D eigenvalue weighted by molar-refractivity contribution is -0.113. The molecule has 0 amide bonds. The highest BCUT2D eigenvalue weighted by atomic mass is 31.2. The number of fused-ring (bicyclic) bond motifs is 1. The number of nitriles is 1. The highest BCUT2D eigenvalue weighted by Crippen LogP contribution is 2.52. The summed E-state index contributed by atoms with van der Waals surface area (Å²) in [5.41, 5.74) is 2.22. The molecule has 6 rings (SSSR count). The van der Waals surface area contributed by atoms with Crippen molar-refractivity contribution < 1.29 is 37.2 Å². The topological polar surface area (TPSA) is 168 Å². The number of hydrogen-bond acceptors (Lipinski definition) is 14. The first-order valence-electron chi connectivity index (χ1n) is 24.2. The maximum Gasteiger partial charge on any atom is 0.280 e. The molecule has 0 spiro atoms. The summed E-state index contributed by atoms with van der Waals surface area (Å²) in [5.74, 6) is 1.73. The van der Waals surface area contributed by atoms with E-state index < -0.39 is 52.5 Å². The van der Waals surface area contributed by atoms with Gasteiger partial charge in [0.1, 0.15) is 42.2 Å². The smallest absolute Gasteiger partial charge is 0.280 e. The predicted molar refractivity (Wildman–Crippen MR) is 277 cm³/mol. The second-order valence-corrected chi connectivity index (χ2v) is 26.2. The minimum absolute atomic E-state index is 0.00712. The van der Waals surface area contributed by atoms with Gasteiger partial charge in [0.25, 0.3) is 14.1 Å². The lowest BCUT2D eigenvalue weighted by Gasteiger charge is -2.42. The minimum atomic E-state index is -2.46. The zero-order chi connectivity index (χ0) is 50.9. The summed E-state index contributed by atoms with van der Waals surface area (Å²) in [6, 6.07) is 28.0. The second-order valence-electron chi connectivity index (χ2n) is 19.3. The van der Waals surface area contributed by atoms with Gasteiger partial charge in [0.2, 0.25) is 14.3 Å². The number of benzene rings is 3. The summed E-state index contributed by atoms with van der Waals surface area (Å²) in [5, 5.41) is 9.67. The number of nitrogens with one attached hydrogen (secondary N) is 1. The van der Waals surface area contributed by atoms with E-state index in [1.165, 1.54) is 0 Å². The predicted octanol–water partition coefficient (Wildman–Crippen LogP) is 10.3. The van der Waals surface area contributed by atoms with Crippen molar-refractivity contribution in [3.63, 3.8) is 0 Å². The van der Waals surface area contributed by atoms with Crippen LogP contribution in [0.4, 0.5) is 5.95 Å². The summed E-state index contributed by atoms with van der Waals surface area (Å²) >= 11 is 0. The number of rotatable bonds is 25. The third kappa shape index (κ3) is 11.5. The normalized spacial score (nSPS) is 18.2. The third-order valence-corrected chi connectivity index (χ3v) is 21.4. The molecule has 1 saturated heterocycles. The van der Waals surface area contributed by atoms with E-state index in [0.717, 1.165) is 16.7 Å². The maximum absolute atomic E-state index is 13.6. The Labute approximate surface area is 416 Å². The van der Waals surface area contributed by atoms with Gasteiger partial charge in [0.05, 0.1) is 46.3 Å². The van der Waals surface area contributed by atoms with Gasteiger partial charge >= 0.3 is 0 Å². The third-order valence-electron chi connectivity index (χ3n) is 13.2. The molecule has 1 N–H and O–H groups in total. The number of methoxy groups -OCH3 is 2. The zero-order valence-electron chi connectivity index (χ0n) is 43.4. The summed E-state index contributed by atoms with van der Waals surface area (Å²) < 4.78 is 58.2. The quantitative estimate of drug-likeness (QED) is 0.0193. The van der Waals surface area contributed by atoms with Gasteiger partial charge in [-0.1, -0.05) is 96.1 Å². The van der Waals surface area contributed by atoms with Gasteiger partial charge < -0.3 is 42.1 Å². The summed E-state index contributed by atoms with van der Waals surface area (Å²) in [6.07, 6.45) is -1.86. The van der Waals surface area contributed by atoms with Crippen LogP contribution in [0.1, 0.15) is 98.6 Å². The molecule has 5 atom stereocenters. The van der Waals surface area contributed by atoms with E-state index in [4.69, 9.17) is 42.1 Å². The lowest BCUT2D eigenvalue weighted by atomic mass is 9.80. The largest absolute Gasteiger partial charge is 0.497 e. The molecule has 5 aromatic rings. The molecule has 1 aliphatic rings. The van der Waals surface area contributed by atoms with Crippen LogP contribution in [0.5, 0.6) is 11.5 Å². The first-order chi connectivity index (χ1) is 33.4. The number of ether oxygens (including phenoxy) is 5. The molecule has 3 heterocycles. The van der Waals surface area contributed by atoms with E-state index in [2.05, 4.69) is 89.9 Å². The Morgan fingerprint density at radius 2 is 1.39 bits per heavy atom. The fourth-order valence-corrected chi connectivity index (χ4v) is 17.1. The minimum Gasteiger partial charge on any atom is -0.497 e. The Morgan fingerprint density at radius 3 is 1.89 bits per heavy atom. The van der Waals surface area contributed by atoms with Gasteiger partial charge in [-0.05, 0) is 85.3 Å². The number of anilines is 1. The Kier molecular flexibility index (Phi) is 18.8. The SMILES string of the molecule is COc1ccc(C(OC[C@H]2O[C@@H](n3cnc4c(=O)[nH]c(N(C)C)nc43)[C@H](OCO[Si](C(C)C)(C(C)C)C(C)C)[C@@H]2OP(OCCC#N)N(C(C)C)C(C)C)(c2ccccc2)c2ccc(OC)cc2)cc1. The highest BCUT2D eigenvalue weighted by molar-refractivity contribution is 7.44. The first-order valence-corrected chi connectivity index (χ1v) is 27.5. The van der Waals surface area contributed by atoms with E-state index >= 15 is 0 Å². The molecule has 0 aliphatic carbocycles. The van der Waals surface area contributed by atoms with Crippen molar-refractivity contribution in [2.75, 3.05) is 53.2 Å². The summed E-state index contributed by atoms with van der Waals surface area (Å²) in [6.45, 7) is 21.8. The molecule has 18 heteroatoms. The lowest BCUT2D eigenvalue weighted by Crippen LogP contribution is -2.49. The van der Waals surface area contributed by atoms with Crippen molar-refractivity contribution in [1.29, 1.82) is 5.26 Å². The molecular weight excluding hydrogens is 926 g/mol. The second kappa shape index (κ2) is 24.1.